The third kappa shape index (κ3) is 5.51. The van der Waals surface area contributed by atoms with Crippen molar-refractivity contribution >= 4 is 34.3 Å². The van der Waals surface area contributed by atoms with Crippen molar-refractivity contribution in [3.05, 3.63) is 89.2 Å². The molecule has 0 spiro atoms. The van der Waals surface area contributed by atoms with Crippen LogP contribution in [0.15, 0.2) is 66.7 Å². The molecule has 168 valence electrons. The molecule has 1 aromatic heterocycles. The number of aromatic nitrogens is 2. The van der Waals surface area contributed by atoms with Crippen LogP contribution >= 0.6 is 0 Å². The van der Waals surface area contributed by atoms with Crippen LogP contribution in [0, 0.1) is 6.92 Å². The summed E-state index contributed by atoms with van der Waals surface area (Å²) < 4.78 is 25.6. The van der Waals surface area contributed by atoms with Gasteiger partial charge in [-0.15, -0.1) is 0 Å². The molecule has 3 amide bonds. The summed E-state index contributed by atoms with van der Waals surface area (Å²) in [5.74, 6) is -0.793. The standard InChI is InChI=1S/C24H21F2N5O2/c1-14-4-2-6-17(10-14)28-24(33)29-18-7-3-5-15(11-18)13-27-23(32)16-8-9-19-20(12-16)31-22(30-19)21(25)26/h2-12,21H,13H2,1H3,(H,27,32)(H,30,31)(H2,28,29,33). The third-order valence-electron chi connectivity index (χ3n) is 4.88. The van der Waals surface area contributed by atoms with E-state index >= 15 is 0 Å². The van der Waals surface area contributed by atoms with Crippen LogP contribution in [-0.2, 0) is 6.54 Å². The van der Waals surface area contributed by atoms with Crippen molar-refractivity contribution < 1.29 is 18.4 Å². The number of aromatic amines is 1. The monoisotopic (exact) mass is 449 g/mol. The number of benzene rings is 3. The van der Waals surface area contributed by atoms with Crippen LogP contribution in [0.2, 0.25) is 0 Å². The SMILES string of the molecule is Cc1cccc(NC(=O)Nc2cccc(CNC(=O)c3ccc4nc(C(F)F)[nH]c4c3)c2)c1. The van der Waals surface area contributed by atoms with Crippen LogP contribution in [0.1, 0.15) is 33.7 Å². The van der Waals surface area contributed by atoms with Crippen molar-refractivity contribution in [1.82, 2.24) is 15.3 Å². The number of imidazole rings is 1. The molecule has 7 nitrogen and oxygen atoms in total. The molecule has 0 saturated heterocycles. The highest BCUT2D eigenvalue weighted by atomic mass is 19.3. The van der Waals surface area contributed by atoms with Gasteiger partial charge in [-0.25, -0.2) is 18.6 Å². The Hall–Kier alpha value is -4.27. The minimum atomic E-state index is -2.71. The van der Waals surface area contributed by atoms with Gasteiger partial charge in [-0.05, 0) is 60.5 Å². The topological polar surface area (TPSA) is 98.9 Å². The van der Waals surface area contributed by atoms with Crippen LogP contribution in [0.5, 0.6) is 0 Å². The minimum Gasteiger partial charge on any atom is -0.348 e. The molecule has 0 fully saturated rings. The molecular weight excluding hydrogens is 428 g/mol. The summed E-state index contributed by atoms with van der Waals surface area (Å²) in [7, 11) is 0. The number of rotatable bonds is 6. The number of nitrogens with one attached hydrogen (secondary N) is 4. The smallest absolute Gasteiger partial charge is 0.323 e. The first-order valence-electron chi connectivity index (χ1n) is 10.2. The lowest BCUT2D eigenvalue weighted by molar-refractivity contribution is 0.0951. The third-order valence-corrected chi connectivity index (χ3v) is 4.88. The number of urea groups is 1. The number of carbonyl (C=O) groups is 2. The maximum Gasteiger partial charge on any atom is 0.323 e. The number of fused-ring (bicyclic) bond motifs is 1. The molecule has 0 saturated carbocycles. The van der Waals surface area contributed by atoms with Gasteiger partial charge in [-0.1, -0.05) is 24.3 Å². The Morgan fingerprint density at radius 3 is 2.42 bits per heavy atom. The Labute approximate surface area is 188 Å². The maximum atomic E-state index is 12.8. The Morgan fingerprint density at radius 2 is 1.70 bits per heavy atom. The normalized spacial score (nSPS) is 10.9. The summed E-state index contributed by atoms with van der Waals surface area (Å²) in [4.78, 5) is 31.1. The second-order valence-corrected chi connectivity index (χ2v) is 7.49. The molecule has 4 N–H and O–H groups in total. The van der Waals surface area contributed by atoms with Gasteiger partial charge in [0.15, 0.2) is 5.82 Å². The molecule has 0 aliphatic heterocycles. The summed E-state index contributed by atoms with van der Waals surface area (Å²) in [5.41, 5.74) is 4.12. The molecule has 0 atom stereocenters. The van der Waals surface area contributed by atoms with E-state index in [0.717, 1.165) is 11.1 Å². The van der Waals surface area contributed by atoms with Gasteiger partial charge in [0.1, 0.15) is 0 Å². The first-order valence-corrected chi connectivity index (χ1v) is 10.2. The van der Waals surface area contributed by atoms with Gasteiger partial charge in [0, 0.05) is 23.5 Å². The lowest BCUT2D eigenvalue weighted by Crippen LogP contribution is -2.23. The van der Waals surface area contributed by atoms with Crippen LogP contribution in [0.25, 0.3) is 11.0 Å². The molecular formula is C24H21F2N5O2. The lowest BCUT2D eigenvalue weighted by Gasteiger charge is -2.10. The number of carbonyl (C=O) groups excluding carboxylic acids is 2. The Kier molecular flexibility index (Phi) is 6.30. The first kappa shape index (κ1) is 21.9. The van der Waals surface area contributed by atoms with E-state index in [1.807, 2.05) is 31.2 Å². The number of nitrogens with zero attached hydrogens (tertiary/aromatic N) is 1. The molecule has 0 aliphatic rings. The highest BCUT2D eigenvalue weighted by Crippen LogP contribution is 2.21. The van der Waals surface area contributed by atoms with Gasteiger partial charge in [0.05, 0.1) is 11.0 Å². The second-order valence-electron chi connectivity index (χ2n) is 7.49. The molecule has 33 heavy (non-hydrogen) atoms. The van der Waals surface area contributed by atoms with E-state index in [9.17, 15) is 18.4 Å². The molecule has 0 unspecified atom stereocenters. The van der Waals surface area contributed by atoms with E-state index in [0.29, 0.717) is 28.0 Å². The van der Waals surface area contributed by atoms with Gasteiger partial charge in [0.2, 0.25) is 0 Å². The maximum absolute atomic E-state index is 12.8. The molecule has 1 heterocycles. The summed E-state index contributed by atoms with van der Waals surface area (Å²) in [6.07, 6.45) is -2.71. The van der Waals surface area contributed by atoms with Crippen LogP contribution in [0.3, 0.4) is 0 Å². The minimum absolute atomic E-state index is 0.219. The predicted octanol–water partition coefficient (Wildman–Crippen LogP) is 5.38. The number of hydrogen-bond donors (Lipinski definition) is 4. The van der Waals surface area contributed by atoms with E-state index in [2.05, 4.69) is 25.9 Å². The molecule has 3 aromatic carbocycles. The molecule has 0 bridgehead atoms. The van der Waals surface area contributed by atoms with Gasteiger partial charge < -0.3 is 20.9 Å². The van der Waals surface area contributed by atoms with E-state index in [-0.39, 0.29) is 18.5 Å². The van der Waals surface area contributed by atoms with Gasteiger partial charge in [-0.2, -0.15) is 0 Å². The van der Waals surface area contributed by atoms with Crippen molar-refractivity contribution in [3.8, 4) is 0 Å². The van der Waals surface area contributed by atoms with E-state index < -0.39 is 12.2 Å². The molecule has 9 heteroatoms. The van der Waals surface area contributed by atoms with E-state index in [1.54, 1.807) is 24.3 Å². The second kappa shape index (κ2) is 9.47. The summed E-state index contributed by atoms with van der Waals surface area (Å²) in [6, 6.07) is 18.7. The zero-order valence-electron chi connectivity index (χ0n) is 17.7. The number of alkyl halides is 2. The van der Waals surface area contributed by atoms with Crippen LogP contribution in [0.4, 0.5) is 25.0 Å². The summed E-state index contributed by atoms with van der Waals surface area (Å²) in [6.45, 7) is 2.16. The van der Waals surface area contributed by atoms with Crippen molar-refractivity contribution in [2.24, 2.45) is 0 Å². The Bertz CT molecular complexity index is 1320. The molecule has 0 aliphatic carbocycles. The van der Waals surface area contributed by atoms with Crippen LogP contribution < -0.4 is 16.0 Å². The average molecular weight is 449 g/mol. The highest BCUT2D eigenvalue weighted by molar-refractivity contribution is 6.00. The first-order chi connectivity index (χ1) is 15.9. The fraction of sp³-hybridized carbons (Fsp3) is 0.125. The number of H-pyrrole nitrogens is 1. The van der Waals surface area contributed by atoms with Crippen molar-refractivity contribution in [3.63, 3.8) is 0 Å². The average Bonchev–Trinajstić information content (AvgIpc) is 3.21. The lowest BCUT2D eigenvalue weighted by atomic mass is 10.1. The molecule has 0 radical (unpaired) electrons. The van der Waals surface area contributed by atoms with Crippen molar-refractivity contribution in [2.45, 2.75) is 19.9 Å². The van der Waals surface area contributed by atoms with Crippen LogP contribution in [-0.4, -0.2) is 21.9 Å². The van der Waals surface area contributed by atoms with Gasteiger partial charge in [0.25, 0.3) is 12.3 Å². The van der Waals surface area contributed by atoms with Gasteiger partial charge in [-0.3, -0.25) is 4.79 Å². The quantitative estimate of drug-likeness (QED) is 0.318. The highest BCUT2D eigenvalue weighted by Gasteiger charge is 2.14. The summed E-state index contributed by atoms with van der Waals surface area (Å²) >= 11 is 0. The number of anilines is 2. The fourth-order valence-electron chi connectivity index (χ4n) is 3.33. The number of aryl methyl sites for hydroxylation is 1. The fourth-order valence-corrected chi connectivity index (χ4v) is 3.33. The van der Waals surface area contributed by atoms with Gasteiger partial charge >= 0.3 is 6.03 Å². The van der Waals surface area contributed by atoms with E-state index in [1.165, 1.54) is 18.2 Å². The van der Waals surface area contributed by atoms with Crippen molar-refractivity contribution in [2.75, 3.05) is 10.6 Å². The molecule has 4 aromatic rings. The zero-order chi connectivity index (χ0) is 23.4. The Morgan fingerprint density at radius 1 is 0.970 bits per heavy atom. The number of halogens is 2. The van der Waals surface area contributed by atoms with Crippen molar-refractivity contribution in [1.29, 1.82) is 0 Å². The zero-order valence-corrected chi connectivity index (χ0v) is 17.7. The summed E-state index contributed by atoms with van der Waals surface area (Å²) in [5, 5.41) is 8.32. The largest absolute Gasteiger partial charge is 0.348 e. The Balaban J connectivity index is 1.36. The number of hydrogen-bond acceptors (Lipinski definition) is 3. The molecule has 4 rings (SSSR count). The predicted molar refractivity (Wildman–Crippen MR) is 122 cm³/mol. The van der Waals surface area contributed by atoms with E-state index in [4.69, 9.17) is 0 Å². The number of amides is 3.